The Hall–Kier alpha value is -5.70. The van der Waals surface area contributed by atoms with Gasteiger partial charge in [-0.3, -0.25) is 9.59 Å². The lowest BCUT2D eigenvalue weighted by molar-refractivity contribution is -0.136. The Morgan fingerprint density at radius 1 is 0.597 bits per heavy atom. The third kappa shape index (κ3) is 8.95. The third-order valence-electron chi connectivity index (χ3n) is 16.0. The van der Waals surface area contributed by atoms with Crippen LogP contribution in [0, 0.1) is 17.8 Å². The van der Waals surface area contributed by atoms with Crippen LogP contribution in [0.1, 0.15) is 157 Å². The fourth-order valence-electron chi connectivity index (χ4n) is 12.7. The fraction of sp³-hybridized carbons (Fsp3) is 0.577. The molecule has 5 fully saturated rings. The molecule has 4 aliphatic heterocycles. The molecule has 15 nitrogen and oxygen atoms in total. The molecule has 0 radical (unpaired) electrons. The number of ether oxygens (including phenoxy) is 2. The van der Waals surface area contributed by atoms with Crippen molar-refractivity contribution in [3.63, 3.8) is 0 Å². The number of methoxy groups -OCH3 is 2. The summed E-state index contributed by atoms with van der Waals surface area (Å²) in [4.78, 5) is 74.2. The number of nitrogens with one attached hydrogen (secondary N) is 5. The summed E-state index contributed by atoms with van der Waals surface area (Å²) >= 11 is 0. The number of rotatable bonds is 11. The van der Waals surface area contributed by atoms with Gasteiger partial charge < -0.3 is 45.2 Å². The van der Waals surface area contributed by atoms with Crippen LogP contribution in [-0.2, 0) is 19.1 Å². The molecule has 10 rings (SSSR count). The Kier molecular flexibility index (Phi) is 13.1. The summed E-state index contributed by atoms with van der Waals surface area (Å²) in [6, 6.07) is 12.0. The van der Waals surface area contributed by atoms with E-state index < -0.39 is 24.3 Å². The molecule has 7 atom stereocenters. The zero-order valence-electron chi connectivity index (χ0n) is 39.3. The molecule has 15 heteroatoms. The van der Waals surface area contributed by atoms with E-state index in [1.807, 2.05) is 22.2 Å². The molecule has 2 bridgehead atoms. The summed E-state index contributed by atoms with van der Waals surface area (Å²) < 4.78 is 9.91. The van der Waals surface area contributed by atoms with Crippen LogP contribution in [0.2, 0.25) is 0 Å². The Morgan fingerprint density at radius 2 is 1.06 bits per heavy atom. The molecule has 67 heavy (non-hydrogen) atoms. The molecule has 356 valence electrons. The number of carbonyl (C=O) groups excluding carboxylic acids is 4. The SMILES string of the molecule is COC(=O)NC(C(=O)N1CCCC1c1ncc(-c2ccc(-c3ccc(-c4cnc(C5CCCN5C(=O)C(NC(=O)OC)C5CCCCC5)[nH]4)c4c3C3CC(C)CC4N3)cc2)[nH]1)C1CCCCC1. The Bertz CT molecular complexity index is 2440. The number of aromatic nitrogens is 4. The van der Waals surface area contributed by atoms with Crippen molar-refractivity contribution in [3.05, 3.63) is 71.6 Å². The highest BCUT2D eigenvalue weighted by molar-refractivity contribution is 5.87. The van der Waals surface area contributed by atoms with Crippen LogP contribution in [0.15, 0.2) is 48.8 Å². The minimum atomic E-state index is -0.611. The topological polar surface area (TPSA) is 187 Å². The maximum absolute atomic E-state index is 14.3. The highest BCUT2D eigenvalue weighted by Crippen LogP contribution is 2.52. The van der Waals surface area contributed by atoms with Gasteiger partial charge in [0.1, 0.15) is 23.7 Å². The third-order valence-corrected chi connectivity index (χ3v) is 16.0. The normalized spacial score (nSPS) is 25.1. The Morgan fingerprint density at radius 3 is 1.58 bits per heavy atom. The van der Waals surface area contributed by atoms with Crippen molar-refractivity contribution >= 4 is 24.0 Å². The first-order chi connectivity index (χ1) is 32.7. The van der Waals surface area contributed by atoms with Gasteiger partial charge >= 0.3 is 12.2 Å². The van der Waals surface area contributed by atoms with Crippen molar-refractivity contribution in [1.82, 2.24) is 45.7 Å². The molecule has 6 heterocycles. The Labute approximate surface area is 393 Å². The molecule has 7 unspecified atom stereocenters. The van der Waals surface area contributed by atoms with Gasteiger partial charge in [0.05, 0.1) is 50.1 Å². The van der Waals surface area contributed by atoms with E-state index in [1.54, 1.807) is 0 Å². The number of imidazole rings is 2. The van der Waals surface area contributed by atoms with Crippen LogP contribution < -0.4 is 16.0 Å². The van der Waals surface area contributed by atoms with Crippen molar-refractivity contribution < 1.29 is 28.7 Å². The first-order valence-electron chi connectivity index (χ1n) is 25.1. The number of likely N-dealkylation sites (tertiary alicyclic amines) is 2. The number of aromatic amines is 2. The van der Waals surface area contributed by atoms with E-state index in [0.29, 0.717) is 19.0 Å². The van der Waals surface area contributed by atoms with E-state index in [-0.39, 0.29) is 47.8 Å². The zero-order chi connectivity index (χ0) is 46.2. The van der Waals surface area contributed by atoms with E-state index in [0.717, 1.165) is 142 Å². The molecule has 4 amide bonds. The molecule has 4 aromatic rings. The van der Waals surface area contributed by atoms with Gasteiger partial charge in [-0.1, -0.05) is 81.8 Å². The van der Waals surface area contributed by atoms with Gasteiger partial charge in [0.15, 0.2) is 0 Å². The lowest BCUT2D eigenvalue weighted by Crippen LogP contribution is -2.52. The van der Waals surface area contributed by atoms with E-state index in [2.05, 4.69) is 69.2 Å². The second-order valence-corrected chi connectivity index (χ2v) is 20.2. The summed E-state index contributed by atoms with van der Waals surface area (Å²) in [5, 5.41) is 9.78. The number of fused-ring (bicyclic) bond motifs is 5. The quantitative estimate of drug-likeness (QED) is 0.0978. The molecule has 6 aliphatic rings. The minimum absolute atomic E-state index is 0.0458. The van der Waals surface area contributed by atoms with Crippen LogP contribution in [-0.4, -0.2) is 93.1 Å². The number of alkyl carbamates (subject to hydrolysis) is 2. The van der Waals surface area contributed by atoms with Crippen molar-refractivity contribution in [2.75, 3.05) is 27.3 Å². The maximum atomic E-state index is 14.3. The molecule has 2 saturated carbocycles. The number of piperidine rings is 1. The number of hydrogen-bond donors (Lipinski definition) is 5. The summed E-state index contributed by atoms with van der Waals surface area (Å²) in [5.41, 5.74) is 9.04. The monoisotopic (exact) mass is 914 g/mol. The minimum Gasteiger partial charge on any atom is -0.453 e. The largest absolute Gasteiger partial charge is 0.453 e. The van der Waals surface area contributed by atoms with Gasteiger partial charge in [-0.2, -0.15) is 0 Å². The summed E-state index contributed by atoms with van der Waals surface area (Å²) in [7, 11) is 2.69. The van der Waals surface area contributed by atoms with Gasteiger partial charge in [0.2, 0.25) is 11.8 Å². The number of nitrogens with zero attached hydrogens (tertiary/aromatic N) is 4. The molecular formula is C52H67N9O6. The maximum Gasteiger partial charge on any atom is 0.407 e. The molecule has 2 aromatic heterocycles. The number of benzene rings is 2. The Balaban J connectivity index is 0.885. The summed E-state index contributed by atoms with van der Waals surface area (Å²) in [6.07, 6.45) is 18.4. The van der Waals surface area contributed by atoms with E-state index in [9.17, 15) is 19.2 Å². The van der Waals surface area contributed by atoms with Crippen LogP contribution >= 0.6 is 0 Å². The second kappa shape index (κ2) is 19.5. The standard InChI is InChI=1S/C52H67N9O6/c1-30-26-37-43-35(31-18-20-32(21-19-31)39-28-53-47(56-39)41-16-10-24-60(41)49(62)45(58-51(64)66-2)33-12-6-4-7-13-33)22-23-36(44(43)38(27-30)55-37)40-29-54-48(57-40)42-17-11-25-61(42)50(63)46(59-52(65)67-3)34-14-8-5-9-15-34/h18-23,28-30,33-34,37-38,41-42,45-46,55H,4-17,24-27H2,1-3H3,(H,53,56)(H,54,57)(H,58,64)(H,59,65). The number of amides is 4. The van der Waals surface area contributed by atoms with Crippen molar-refractivity contribution in [3.8, 4) is 33.6 Å². The molecule has 0 spiro atoms. The molecule has 2 aromatic carbocycles. The number of hydrogen-bond acceptors (Lipinski definition) is 9. The zero-order valence-corrected chi connectivity index (χ0v) is 39.3. The first-order valence-corrected chi connectivity index (χ1v) is 25.1. The predicted molar refractivity (Wildman–Crippen MR) is 253 cm³/mol. The molecular weight excluding hydrogens is 847 g/mol. The first kappa shape index (κ1) is 45.1. The summed E-state index contributed by atoms with van der Waals surface area (Å²) in [6.45, 7) is 3.60. The predicted octanol–water partition coefficient (Wildman–Crippen LogP) is 9.19. The van der Waals surface area contributed by atoms with Gasteiger partial charge in [-0.05, 0) is 110 Å². The number of H-pyrrole nitrogens is 2. The lowest BCUT2D eigenvalue weighted by Gasteiger charge is -2.34. The van der Waals surface area contributed by atoms with E-state index in [4.69, 9.17) is 19.4 Å². The molecule has 2 aliphatic carbocycles. The van der Waals surface area contributed by atoms with E-state index >= 15 is 0 Å². The lowest BCUT2D eigenvalue weighted by atomic mass is 9.83. The number of carbonyl (C=O) groups is 4. The van der Waals surface area contributed by atoms with Gasteiger partial charge in [0, 0.05) is 30.7 Å². The van der Waals surface area contributed by atoms with Crippen molar-refractivity contribution in [2.24, 2.45) is 17.8 Å². The van der Waals surface area contributed by atoms with Gasteiger partial charge in [-0.15, -0.1) is 0 Å². The van der Waals surface area contributed by atoms with Crippen LogP contribution in [0.25, 0.3) is 33.6 Å². The smallest absolute Gasteiger partial charge is 0.407 e. The average molecular weight is 914 g/mol. The molecule has 3 saturated heterocycles. The van der Waals surface area contributed by atoms with Crippen LogP contribution in [0.3, 0.4) is 0 Å². The summed E-state index contributed by atoms with van der Waals surface area (Å²) in [5.74, 6) is 2.20. The molecule has 5 N–H and O–H groups in total. The van der Waals surface area contributed by atoms with Crippen LogP contribution in [0.4, 0.5) is 9.59 Å². The average Bonchev–Trinajstić information content (AvgIpc) is 4.23. The van der Waals surface area contributed by atoms with Gasteiger partial charge in [0.25, 0.3) is 0 Å². The second-order valence-electron chi connectivity index (χ2n) is 20.2. The van der Waals surface area contributed by atoms with Crippen molar-refractivity contribution in [2.45, 2.75) is 146 Å². The van der Waals surface area contributed by atoms with E-state index in [1.165, 1.54) is 30.9 Å². The van der Waals surface area contributed by atoms with Crippen molar-refractivity contribution in [1.29, 1.82) is 0 Å². The van der Waals surface area contributed by atoms with Gasteiger partial charge in [-0.25, -0.2) is 19.6 Å². The fourth-order valence-corrected chi connectivity index (χ4v) is 12.7. The highest BCUT2D eigenvalue weighted by Gasteiger charge is 2.43. The van der Waals surface area contributed by atoms with Crippen LogP contribution in [0.5, 0.6) is 0 Å². The highest BCUT2D eigenvalue weighted by atomic mass is 16.5.